The minimum absolute atomic E-state index is 0.0536. The van der Waals surface area contributed by atoms with Crippen molar-refractivity contribution >= 4 is 23.7 Å². The molecule has 0 aliphatic rings. The van der Waals surface area contributed by atoms with E-state index in [-0.39, 0.29) is 5.75 Å². The van der Waals surface area contributed by atoms with Gasteiger partial charge in [-0.1, -0.05) is 25.6 Å². The van der Waals surface area contributed by atoms with Crippen LogP contribution in [0.2, 0.25) is 0 Å². The van der Waals surface area contributed by atoms with Gasteiger partial charge in [-0.2, -0.15) is 0 Å². The lowest BCUT2D eigenvalue weighted by Gasteiger charge is -2.09. The Hall–Kier alpha value is -1.28. The number of hydrogen-bond donors (Lipinski definition) is 2. The number of carbonyl (C=O) groups is 1. The molecule has 1 aromatic heterocycles. The van der Waals surface area contributed by atoms with E-state index in [0.29, 0.717) is 30.2 Å². The van der Waals surface area contributed by atoms with Crippen LogP contribution in [0.4, 0.5) is 5.95 Å². The van der Waals surface area contributed by atoms with Crippen molar-refractivity contribution < 1.29 is 14.6 Å². The van der Waals surface area contributed by atoms with E-state index in [2.05, 4.69) is 24.0 Å². The summed E-state index contributed by atoms with van der Waals surface area (Å²) >= 11 is 1.11. The van der Waals surface area contributed by atoms with E-state index in [1.165, 1.54) is 0 Å². The van der Waals surface area contributed by atoms with Crippen molar-refractivity contribution in [3.63, 3.8) is 0 Å². The SMILES string of the molecule is CC(C)COCCCn1c(N)nnc1SCC(=O)O. The highest BCUT2D eigenvalue weighted by molar-refractivity contribution is 7.99. The van der Waals surface area contributed by atoms with Gasteiger partial charge in [0.2, 0.25) is 5.95 Å². The van der Waals surface area contributed by atoms with E-state index >= 15 is 0 Å². The molecule has 3 N–H and O–H groups in total. The van der Waals surface area contributed by atoms with Crippen LogP contribution in [-0.4, -0.2) is 44.8 Å². The lowest BCUT2D eigenvalue weighted by molar-refractivity contribution is -0.133. The van der Waals surface area contributed by atoms with Crippen LogP contribution in [0.25, 0.3) is 0 Å². The molecule has 0 radical (unpaired) electrons. The van der Waals surface area contributed by atoms with Crippen molar-refractivity contribution in [2.75, 3.05) is 24.7 Å². The van der Waals surface area contributed by atoms with Gasteiger partial charge in [0.1, 0.15) is 0 Å². The van der Waals surface area contributed by atoms with Gasteiger partial charge in [-0.25, -0.2) is 0 Å². The van der Waals surface area contributed by atoms with Crippen LogP contribution in [0.15, 0.2) is 5.16 Å². The fourth-order valence-electron chi connectivity index (χ4n) is 1.39. The van der Waals surface area contributed by atoms with Crippen LogP contribution < -0.4 is 5.73 Å². The third kappa shape index (κ3) is 5.93. The second-order valence-electron chi connectivity index (χ2n) is 4.50. The van der Waals surface area contributed by atoms with Gasteiger partial charge in [-0.15, -0.1) is 10.2 Å². The van der Waals surface area contributed by atoms with Gasteiger partial charge in [-0.05, 0) is 12.3 Å². The van der Waals surface area contributed by atoms with Gasteiger partial charge in [0.05, 0.1) is 5.75 Å². The Kier molecular flexibility index (Phi) is 6.65. The maximum atomic E-state index is 10.5. The fraction of sp³-hybridized carbons (Fsp3) is 0.727. The molecular formula is C11H20N4O3S. The molecule has 8 heteroatoms. The Labute approximate surface area is 116 Å². The molecule has 0 atom stereocenters. The van der Waals surface area contributed by atoms with Crippen molar-refractivity contribution in [1.82, 2.24) is 14.8 Å². The summed E-state index contributed by atoms with van der Waals surface area (Å²) in [5.74, 6) is -0.126. The van der Waals surface area contributed by atoms with E-state index in [4.69, 9.17) is 15.6 Å². The zero-order chi connectivity index (χ0) is 14.3. The fourth-order valence-corrected chi connectivity index (χ4v) is 2.08. The minimum atomic E-state index is -0.890. The maximum Gasteiger partial charge on any atom is 0.313 e. The molecule has 7 nitrogen and oxygen atoms in total. The van der Waals surface area contributed by atoms with Gasteiger partial charge in [-0.3, -0.25) is 9.36 Å². The molecule has 0 fully saturated rings. The van der Waals surface area contributed by atoms with Crippen LogP contribution in [-0.2, 0) is 16.1 Å². The first-order valence-electron chi connectivity index (χ1n) is 6.11. The summed E-state index contributed by atoms with van der Waals surface area (Å²) in [6.45, 7) is 6.19. The molecule has 0 aliphatic heterocycles. The predicted octanol–water partition coefficient (Wildman–Crippen LogP) is 1.10. The molecule has 0 aromatic carbocycles. The van der Waals surface area contributed by atoms with Crippen molar-refractivity contribution in [3.05, 3.63) is 0 Å². The van der Waals surface area contributed by atoms with E-state index in [1.807, 2.05) is 0 Å². The van der Waals surface area contributed by atoms with Gasteiger partial charge in [0.25, 0.3) is 0 Å². The van der Waals surface area contributed by atoms with Crippen LogP contribution >= 0.6 is 11.8 Å². The van der Waals surface area contributed by atoms with Crippen LogP contribution in [0.1, 0.15) is 20.3 Å². The standard InChI is InChI=1S/C11H20N4O3S/c1-8(2)6-18-5-3-4-15-10(12)13-14-11(15)19-7-9(16)17/h8H,3-7H2,1-2H3,(H2,12,13)(H,16,17). The first-order valence-corrected chi connectivity index (χ1v) is 7.10. The second-order valence-corrected chi connectivity index (χ2v) is 5.44. The molecule has 0 aliphatic carbocycles. The highest BCUT2D eigenvalue weighted by atomic mass is 32.2. The summed E-state index contributed by atoms with van der Waals surface area (Å²) in [6, 6.07) is 0. The number of anilines is 1. The zero-order valence-corrected chi connectivity index (χ0v) is 12.0. The number of nitrogens with two attached hydrogens (primary N) is 1. The molecular weight excluding hydrogens is 268 g/mol. The minimum Gasteiger partial charge on any atom is -0.481 e. The van der Waals surface area contributed by atoms with Crippen molar-refractivity contribution in [3.8, 4) is 0 Å². The zero-order valence-electron chi connectivity index (χ0n) is 11.2. The van der Waals surface area contributed by atoms with E-state index in [9.17, 15) is 4.79 Å². The van der Waals surface area contributed by atoms with Crippen LogP contribution in [0, 0.1) is 5.92 Å². The number of ether oxygens (including phenoxy) is 1. The number of carboxylic acid groups (broad SMARTS) is 1. The number of nitrogen functional groups attached to an aromatic ring is 1. The third-order valence-corrected chi connectivity index (χ3v) is 3.14. The summed E-state index contributed by atoms with van der Waals surface area (Å²) in [5, 5.41) is 16.8. The van der Waals surface area contributed by atoms with Gasteiger partial charge in [0.15, 0.2) is 5.16 Å². The summed E-state index contributed by atoms with van der Waals surface area (Å²) in [7, 11) is 0. The quantitative estimate of drug-likeness (QED) is 0.518. The van der Waals surface area contributed by atoms with Crippen LogP contribution in [0.5, 0.6) is 0 Å². The molecule has 0 saturated heterocycles. The lowest BCUT2D eigenvalue weighted by Crippen LogP contribution is -2.10. The number of nitrogens with zero attached hydrogens (tertiary/aromatic N) is 3. The Morgan fingerprint density at radius 3 is 2.89 bits per heavy atom. The van der Waals surface area contributed by atoms with Crippen LogP contribution in [0.3, 0.4) is 0 Å². The normalized spacial score (nSPS) is 11.1. The molecule has 0 unspecified atom stereocenters. The largest absolute Gasteiger partial charge is 0.481 e. The molecule has 0 bridgehead atoms. The molecule has 1 heterocycles. The van der Waals surface area contributed by atoms with Crippen molar-refractivity contribution in [1.29, 1.82) is 0 Å². The number of hydrogen-bond acceptors (Lipinski definition) is 6. The second kappa shape index (κ2) is 8.00. The van der Waals surface area contributed by atoms with Gasteiger partial charge >= 0.3 is 5.97 Å². The first kappa shape index (κ1) is 15.8. The summed E-state index contributed by atoms with van der Waals surface area (Å²) < 4.78 is 7.19. The monoisotopic (exact) mass is 288 g/mol. The number of carboxylic acids is 1. The van der Waals surface area contributed by atoms with E-state index < -0.39 is 5.97 Å². The molecule has 1 rings (SSSR count). The highest BCUT2D eigenvalue weighted by Crippen LogP contribution is 2.18. The molecule has 108 valence electrons. The van der Waals surface area contributed by atoms with E-state index in [1.54, 1.807) is 4.57 Å². The van der Waals surface area contributed by atoms with Crippen molar-refractivity contribution in [2.24, 2.45) is 5.92 Å². The van der Waals surface area contributed by atoms with E-state index in [0.717, 1.165) is 24.8 Å². The Morgan fingerprint density at radius 2 is 2.26 bits per heavy atom. The predicted molar refractivity (Wildman–Crippen MR) is 73.1 cm³/mol. The molecule has 1 aromatic rings. The van der Waals surface area contributed by atoms with Gasteiger partial charge in [0, 0.05) is 19.8 Å². The Morgan fingerprint density at radius 1 is 1.53 bits per heavy atom. The topological polar surface area (TPSA) is 103 Å². The van der Waals surface area contributed by atoms with Gasteiger partial charge < -0.3 is 15.6 Å². The lowest BCUT2D eigenvalue weighted by atomic mass is 10.2. The highest BCUT2D eigenvalue weighted by Gasteiger charge is 2.11. The summed E-state index contributed by atoms with van der Waals surface area (Å²) in [5.41, 5.74) is 5.70. The number of rotatable bonds is 9. The average Bonchev–Trinajstić information content (AvgIpc) is 2.67. The molecule has 19 heavy (non-hydrogen) atoms. The number of aliphatic carboxylic acids is 1. The summed E-state index contributed by atoms with van der Waals surface area (Å²) in [6.07, 6.45) is 0.787. The smallest absolute Gasteiger partial charge is 0.313 e. The molecule has 0 spiro atoms. The maximum absolute atomic E-state index is 10.5. The molecule has 0 amide bonds. The third-order valence-electron chi connectivity index (χ3n) is 2.19. The first-order chi connectivity index (χ1) is 9.00. The Balaban J connectivity index is 2.39. The summed E-state index contributed by atoms with van der Waals surface area (Å²) in [4.78, 5) is 10.5. The molecule has 0 saturated carbocycles. The number of aromatic nitrogens is 3. The number of thioether (sulfide) groups is 1. The average molecular weight is 288 g/mol. The Bertz CT molecular complexity index is 409. The van der Waals surface area contributed by atoms with Crippen molar-refractivity contribution in [2.45, 2.75) is 32.0 Å².